The average molecular weight is 260 g/mol. The molecule has 0 amide bonds. The van der Waals surface area contributed by atoms with Crippen molar-refractivity contribution < 1.29 is 32.7 Å². The van der Waals surface area contributed by atoms with Crippen molar-refractivity contribution in [3.63, 3.8) is 0 Å². The molecule has 0 aromatic heterocycles. The quantitative estimate of drug-likeness (QED) is 0.659. The Balaban J connectivity index is -0.000000173. The summed E-state index contributed by atoms with van der Waals surface area (Å²) in [4.78, 5) is 0. The molecule has 79 valence electrons. The summed E-state index contributed by atoms with van der Waals surface area (Å²) in [6.45, 7) is 15.0. The summed E-state index contributed by atoms with van der Waals surface area (Å²) in [6, 6.07) is 0. The number of hydrogen-bond acceptors (Lipinski definition) is 0. The Morgan fingerprint density at radius 1 is 1.23 bits per heavy atom. The number of rotatable bonds is 2. The predicted octanol–water partition coefficient (Wildman–Crippen LogP) is 4.34. The SMILES string of the molecule is CC(C)(C)CCC[NH-].[CH2-]C(C)C.[Y]. The van der Waals surface area contributed by atoms with Crippen molar-refractivity contribution in [2.24, 2.45) is 11.3 Å². The van der Waals surface area contributed by atoms with Crippen LogP contribution in [0.3, 0.4) is 0 Å². The van der Waals surface area contributed by atoms with Crippen LogP contribution in [0.2, 0.25) is 0 Å². The van der Waals surface area contributed by atoms with Gasteiger partial charge in [-0.1, -0.05) is 47.5 Å². The second-order valence-electron chi connectivity index (χ2n) is 4.81. The van der Waals surface area contributed by atoms with Gasteiger partial charge in [0.2, 0.25) is 0 Å². The van der Waals surface area contributed by atoms with Crippen LogP contribution in [0.25, 0.3) is 5.73 Å². The van der Waals surface area contributed by atoms with Gasteiger partial charge in [0.1, 0.15) is 0 Å². The first-order chi connectivity index (χ1) is 5.29. The summed E-state index contributed by atoms with van der Waals surface area (Å²) in [5.74, 6) is 0.583. The Labute approximate surface area is 110 Å². The zero-order chi connectivity index (χ0) is 10.2. The molecular formula is C11H25NY-2. The molecule has 0 saturated heterocycles. The summed E-state index contributed by atoms with van der Waals surface area (Å²) in [5.41, 5.74) is 7.31. The fourth-order valence-corrected chi connectivity index (χ4v) is 0.619. The van der Waals surface area contributed by atoms with E-state index in [9.17, 15) is 0 Å². The molecule has 0 spiro atoms. The van der Waals surface area contributed by atoms with E-state index >= 15 is 0 Å². The maximum Gasteiger partial charge on any atom is 0 e. The zero-order valence-corrected chi connectivity index (χ0v) is 12.8. The van der Waals surface area contributed by atoms with Crippen LogP contribution in [0.5, 0.6) is 0 Å². The molecule has 2 heteroatoms. The summed E-state index contributed by atoms with van der Waals surface area (Å²) in [7, 11) is 0. The van der Waals surface area contributed by atoms with Gasteiger partial charge in [-0.25, -0.2) is 0 Å². The minimum Gasteiger partial charge on any atom is -0.677 e. The van der Waals surface area contributed by atoms with Crippen LogP contribution in [0.1, 0.15) is 47.5 Å². The van der Waals surface area contributed by atoms with Gasteiger partial charge in [-0.2, -0.15) is 12.5 Å². The Kier molecular flexibility index (Phi) is 16.8. The molecule has 0 rings (SSSR count). The van der Waals surface area contributed by atoms with Gasteiger partial charge in [-0.05, 0) is 5.41 Å². The van der Waals surface area contributed by atoms with Crippen molar-refractivity contribution in [1.82, 2.24) is 0 Å². The Bertz CT molecular complexity index is 81.8. The van der Waals surface area contributed by atoms with Gasteiger partial charge in [0.25, 0.3) is 0 Å². The molecule has 0 aromatic carbocycles. The summed E-state index contributed by atoms with van der Waals surface area (Å²) in [5, 5.41) is 0. The molecule has 0 unspecified atom stereocenters. The molecule has 0 aliphatic carbocycles. The van der Waals surface area contributed by atoms with Crippen LogP contribution in [0.4, 0.5) is 0 Å². The summed E-state index contributed by atoms with van der Waals surface area (Å²) >= 11 is 0. The van der Waals surface area contributed by atoms with Crippen LogP contribution < -0.4 is 0 Å². The Morgan fingerprint density at radius 3 is 1.62 bits per heavy atom. The third-order valence-electron chi connectivity index (χ3n) is 1.10. The third-order valence-corrected chi connectivity index (χ3v) is 1.10. The minimum absolute atomic E-state index is 0. The first-order valence-corrected chi connectivity index (χ1v) is 4.77. The monoisotopic (exact) mass is 260 g/mol. The topological polar surface area (TPSA) is 23.8 Å². The van der Waals surface area contributed by atoms with Gasteiger partial charge in [-0.15, -0.1) is 0 Å². The van der Waals surface area contributed by atoms with Crippen LogP contribution >= 0.6 is 0 Å². The number of hydrogen-bond donors (Lipinski definition) is 0. The maximum atomic E-state index is 6.88. The molecule has 1 radical (unpaired) electrons. The van der Waals surface area contributed by atoms with Crippen molar-refractivity contribution in [3.05, 3.63) is 12.7 Å². The van der Waals surface area contributed by atoms with Crippen molar-refractivity contribution in [3.8, 4) is 0 Å². The molecule has 13 heavy (non-hydrogen) atoms. The molecular weight excluding hydrogens is 235 g/mol. The molecule has 0 fully saturated rings. The Hall–Kier alpha value is 1.06. The maximum absolute atomic E-state index is 6.88. The number of nitrogens with one attached hydrogen (secondary N) is 1. The van der Waals surface area contributed by atoms with E-state index in [4.69, 9.17) is 5.73 Å². The second-order valence-corrected chi connectivity index (χ2v) is 4.81. The largest absolute Gasteiger partial charge is 0.677 e. The van der Waals surface area contributed by atoms with E-state index in [1.807, 2.05) is 0 Å². The van der Waals surface area contributed by atoms with E-state index in [0.29, 0.717) is 17.9 Å². The fourth-order valence-electron chi connectivity index (χ4n) is 0.619. The molecule has 0 aliphatic heterocycles. The summed E-state index contributed by atoms with van der Waals surface area (Å²) in [6.07, 6.45) is 2.22. The van der Waals surface area contributed by atoms with E-state index < -0.39 is 0 Å². The van der Waals surface area contributed by atoms with Gasteiger partial charge in [-0.3, -0.25) is 0 Å². The van der Waals surface area contributed by atoms with E-state index in [-0.39, 0.29) is 32.7 Å². The standard InChI is InChI=1S/C7H16N.C4H9.Y/c1-7(2,3)5-4-6-8;1-4(2)3;/h8H,4-6H2,1-3H3;4H,1H2,2-3H3;/q2*-1;. The van der Waals surface area contributed by atoms with Crippen LogP contribution in [0.15, 0.2) is 0 Å². The third kappa shape index (κ3) is 43.5. The van der Waals surface area contributed by atoms with Gasteiger partial charge < -0.3 is 12.7 Å². The molecule has 1 N–H and O–H groups in total. The second kappa shape index (κ2) is 11.1. The van der Waals surface area contributed by atoms with Crippen LogP contribution in [-0.2, 0) is 32.7 Å². The van der Waals surface area contributed by atoms with E-state index in [1.165, 1.54) is 6.42 Å². The normalized spacial score (nSPS) is 10.2. The molecule has 0 heterocycles. The molecule has 0 aliphatic rings. The van der Waals surface area contributed by atoms with E-state index in [0.717, 1.165) is 6.42 Å². The molecule has 0 aromatic rings. The minimum atomic E-state index is 0. The van der Waals surface area contributed by atoms with Crippen LogP contribution in [0, 0.1) is 18.3 Å². The smallest absolute Gasteiger partial charge is 0 e. The van der Waals surface area contributed by atoms with Crippen molar-refractivity contribution in [1.29, 1.82) is 0 Å². The van der Waals surface area contributed by atoms with Crippen molar-refractivity contribution in [2.45, 2.75) is 47.5 Å². The van der Waals surface area contributed by atoms with Crippen molar-refractivity contribution >= 4 is 0 Å². The van der Waals surface area contributed by atoms with E-state index in [1.54, 1.807) is 0 Å². The summed E-state index contributed by atoms with van der Waals surface area (Å²) < 4.78 is 0. The van der Waals surface area contributed by atoms with Crippen molar-refractivity contribution in [2.75, 3.05) is 6.54 Å². The van der Waals surface area contributed by atoms with Gasteiger partial charge in [0.15, 0.2) is 0 Å². The predicted molar refractivity (Wildman–Crippen MR) is 58.1 cm³/mol. The molecule has 1 nitrogen and oxygen atoms in total. The average Bonchev–Trinajstić information content (AvgIpc) is 1.80. The fraction of sp³-hybridized carbons (Fsp3) is 0.909. The molecule has 0 saturated carbocycles. The van der Waals surface area contributed by atoms with Crippen LogP contribution in [-0.4, -0.2) is 6.54 Å². The first kappa shape index (κ1) is 19.6. The molecule has 0 bridgehead atoms. The zero-order valence-electron chi connectivity index (χ0n) is 9.98. The van der Waals surface area contributed by atoms with E-state index in [2.05, 4.69) is 41.5 Å². The first-order valence-electron chi connectivity index (χ1n) is 4.77. The van der Waals surface area contributed by atoms with Gasteiger partial charge >= 0.3 is 0 Å². The Morgan fingerprint density at radius 2 is 1.54 bits per heavy atom. The molecule has 0 atom stereocenters. The van der Waals surface area contributed by atoms with Gasteiger partial charge in [0.05, 0.1) is 0 Å². The van der Waals surface area contributed by atoms with Gasteiger partial charge in [0, 0.05) is 32.7 Å².